The van der Waals surface area contributed by atoms with Crippen molar-refractivity contribution in [2.75, 3.05) is 19.5 Å². The van der Waals surface area contributed by atoms with Crippen LogP contribution in [0, 0.1) is 0 Å². The van der Waals surface area contributed by atoms with Gasteiger partial charge in [-0.3, -0.25) is 0 Å². The minimum atomic E-state index is 0.750. The molecule has 0 saturated heterocycles. The molecule has 0 spiro atoms. The summed E-state index contributed by atoms with van der Waals surface area (Å²) in [5.74, 6) is 0.750. The lowest BCUT2D eigenvalue weighted by Crippen LogP contribution is -2.19. The Labute approximate surface area is 104 Å². The molecule has 0 bridgehead atoms. The molecule has 1 rings (SSSR count). The maximum atomic E-state index is 5.68. The molecule has 0 fully saturated rings. The van der Waals surface area contributed by atoms with Crippen molar-refractivity contribution in [3.63, 3.8) is 0 Å². The molecule has 0 amide bonds. The van der Waals surface area contributed by atoms with Crippen LogP contribution in [0.15, 0.2) is 24.3 Å². The quantitative estimate of drug-likeness (QED) is 0.656. The van der Waals surface area contributed by atoms with Crippen molar-refractivity contribution in [2.24, 2.45) is 0 Å². The highest BCUT2D eigenvalue weighted by molar-refractivity contribution is 6.17. The molecule has 0 aliphatic carbocycles. The van der Waals surface area contributed by atoms with Crippen LogP contribution in [0.1, 0.15) is 30.9 Å². The molecule has 0 atom stereocenters. The van der Waals surface area contributed by atoms with E-state index in [4.69, 9.17) is 11.6 Å². The van der Waals surface area contributed by atoms with E-state index in [1.807, 2.05) is 0 Å². The fourth-order valence-corrected chi connectivity index (χ4v) is 1.94. The van der Waals surface area contributed by atoms with E-state index in [1.165, 1.54) is 24.0 Å². The Morgan fingerprint density at radius 2 is 1.75 bits per heavy atom. The van der Waals surface area contributed by atoms with Gasteiger partial charge in [0.25, 0.3) is 0 Å². The molecule has 0 N–H and O–H groups in total. The van der Waals surface area contributed by atoms with Crippen molar-refractivity contribution < 1.29 is 0 Å². The predicted molar refractivity (Wildman–Crippen MR) is 72.1 cm³/mol. The second kappa shape index (κ2) is 7.70. The summed E-state index contributed by atoms with van der Waals surface area (Å²) in [5, 5.41) is 0. The van der Waals surface area contributed by atoms with Crippen LogP contribution in [-0.2, 0) is 13.0 Å². The molecule has 0 aliphatic heterocycles. The zero-order valence-corrected chi connectivity index (χ0v) is 11.1. The Morgan fingerprint density at radius 1 is 1.12 bits per heavy atom. The van der Waals surface area contributed by atoms with E-state index >= 15 is 0 Å². The van der Waals surface area contributed by atoms with Crippen LogP contribution < -0.4 is 0 Å². The van der Waals surface area contributed by atoms with E-state index in [9.17, 15) is 0 Å². The number of halogens is 1. The van der Waals surface area contributed by atoms with Gasteiger partial charge < -0.3 is 4.90 Å². The number of rotatable bonds is 7. The van der Waals surface area contributed by atoms with Gasteiger partial charge in [0.1, 0.15) is 0 Å². The lowest BCUT2D eigenvalue weighted by Gasteiger charge is -2.16. The average molecular weight is 240 g/mol. The van der Waals surface area contributed by atoms with E-state index in [-0.39, 0.29) is 0 Å². The summed E-state index contributed by atoms with van der Waals surface area (Å²) in [7, 11) is 2.15. The van der Waals surface area contributed by atoms with E-state index < -0.39 is 0 Å². The standard InChI is InChI=1S/C14H22ClN/c1-3-5-13-6-8-14(9-7-13)12-16(2)11-4-10-15/h6-9H,3-5,10-12H2,1-2H3. The van der Waals surface area contributed by atoms with Crippen LogP contribution in [0.2, 0.25) is 0 Å². The first-order valence-electron chi connectivity index (χ1n) is 6.08. The van der Waals surface area contributed by atoms with Crippen LogP contribution in [0.4, 0.5) is 0 Å². The second-order valence-corrected chi connectivity index (χ2v) is 4.72. The van der Waals surface area contributed by atoms with Gasteiger partial charge in [-0.25, -0.2) is 0 Å². The summed E-state index contributed by atoms with van der Waals surface area (Å²) >= 11 is 5.68. The fraction of sp³-hybridized carbons (Fsp3) is 0.571. The monoisotopic (exact) mass is 239 g/mol. The molecular formula is C14H22ClN. The summed E-state index contributed by atoms with van der Waals surface area (Å²) in [4.78, 5) is 2.32. The Morgan fingerprint density at radius 3 is 2.31 bits per heavy atom. The third-order valence-electron chi connectivity index (χ3n) is 2.69. The minimum Gasteiger partial charge on any atom is -0.302 e. The Kier molecular flexibility index (Phi) is 6.51. The van der Waals surface area contributed by atoms with Gasteiger partial charge >= 0.3 is 0 Å². The smallest absolute Gasteiger partial charge is 0.0235 e. The number of benzene rings is 1. The van der Waals surface area contributed by atoms with E-state index in [1.54, 1.807) is 0 Å². The summed E-state index contributed by atoms with van der Waals surface area (Å²) < 4.78 is 0. The number of hydrogen-bond acceptors (Lipinski definition) is 1. The van der Waals surface area contributed by atoms with Crippen molar-refractivity contribution in [1.29, 1.82) is 0 Å². The van der Waals surface area contributed by atoms with Gasteiger partial charge in [-0.05, 0) is 37.6 Å². The first-order valence-corrected chi connectivity index (χ1v) is 6.62. The molecule has 90 valence electrons. The molecule has 0 unspecified atom stereocenters. The molecule has 16 heavy (non-hydrogen) atoms. The zero-order valence-electron chi connectivity index (χ0n) is 10.4. The second-order valence-electron chi connectivity index (χ2n) is 4.35. The van der Waals surface area contributed by atoms with Crippen molar-refractivity contribution in [2.45, 2.75) is 32.7 Å². The molecule has 2 heteroatoms. The van der Waals surface area contributed by atoms with Crippen molar-refractivity contribution >= 4 is 11.6 Å². The maximum absolute atomic E-state index is 5.68. The minimum absolute atomic E-state index is 0.750. The van der Waals surface area contributed by atoms with Crippen LogP contribution in [-0.4, -0.2) is 24.4 Å². The summed E-state index contributed by atoms with van der Waals surface area (Å²) in [5.41, 5.74) is 2.83. The lowest BCUT2D eigenvalue weighted by molar-refractivity contribution is 0.328. The molecule has 0 aromatic heterocycles. The zero-order chi connectivity index (χ0) is 11.8. The van der Waals surface area contributed by atoms with Crippen LogP contribution in [0.5, 0.6) is 0 Å². The summed E-state index contributed by atoms with van der Waals surface area (Å²) in [6.45, 7) is 4.30. The SMILES string of the molecule is CCCc1ccc(CN(C)CCCCl)cc1. The maximum Gasteiger partial charge on any atom is 0.0235 e. The van der Waals surface area contributed by atoms with Gasteiger partial charge in [0.15, 0.2) is 0 Å². The van der Waals surface area contributed by atoms with Gasteiger partial charge in [0.2, 0.25) is 0 Å². The first kappa shape index (κ1) is 13.5. The van der Waals surface area contributed by atoms with Crippen molar-refractivity contribution in [3.8, 4) is 0 Å². The molecule has 1 aromatic rings. The predicted octanol–water partition coefficient (Wildman–Crippen LogP) is 3.70. The highest BCUT2D eigenvalue weighted by Crippen LogP contribution is 2.08. The topological polar surface area (TPSA) is 3.24 Å². The molecule has 1 aromatic carbocycles. The lowest BCUT2D eigenvalue weighted by atomic mass is 10.1. The Balaban J connectivity index is 2.41. The molecule has 0 heterocycles. The number of hydrogen-bond donors (Lipinski definition) is 0. The molecule has 0 aliphatic rings. The van der Waals surface area contributed by atoms with E-state index in [0.717, 1.165) is 25.4 Å². The summed E-state index contributed by atoms with van der Waals surface area (Å²) in [6, 6.07) is 8.97. The normalized spacial score (nSPS) is 11.0. The van der Waals surface area contributed by atoms with Gasteiger partial charge in [-0.2, -0.15) is 0 Å². The summed E-state index contributed by atoms with van der Waals surface area (Å²) in [6.07, 6.45) is 3.46. The third kappa shape index (κ3) is 5.00. The van der Waals surface area contributed by atoms with Gasteiger partial charge in [-0.15, -0.1) is 11.6 Å². The molecule has 0 saturated carbocycles. The molecule has 0 radical (unpaired) electrons. The Hall–Kier alpha value is -0.530. The Bertz CT molecular complexity index is 281. The van der Waals surface area contributed by atoms with E-state index in [2.05, 4.69) is 43.1 Å². The average Bonchev–Trinajstić information content (AvgIpc) is 2.29. The highest BCUT2D eigenvalue weighted by atomic mass is 35.5. The molecular weight excluding hydrogens is 218 g/mol. The first-order chi connectivity index (χ1) is 7.76. The van der Waals surface area contributed by atoms with Gasteiger partial charge in [-0.1, -0.05) is 37.6 Å². The fourth-order valence-electron chi connectivity index (χ4n) is 1.82. The van der Waals surface area contributed by atoms with Gasteiger partial charge in [0, 0.05) is 12.4 Å². The molecule has 1 nitrogen and oxygen atoms in total. The van der Waals surface area contributed by atoms with Crippen molar-refractivity contribution in [3.05, 3.63) is 35.4 Å². The van der Waals surface area contributed by atoms with Crippen molar-refractivity contribution in [1.82, 2.24) is 4.90 Å². The van der Waals surface area contributed by atoms with Crippen LogP contribution >= 0.6 is 11.6 Å². The number of nitrogens with zero attached hydrogens (tertiary/aromatic N) is 1. The van der Waals surface area contributed by atoms with Crippen LogP contribution in [0.3, 0.4) is 0 Å². The largest absolute Gasteiger partial charge is 0.302 e. The van der Waals surface area contributed by atoms with Gasteiger partial charge in [0.05, 0.1) is 0 Å². The van der Waals surface area contributed by atoms with E-state index in [0.29, 0.717) is 0 Å². The van der Waals surface area contributed by atoms with Crippen LogP contribution in [0.25, 0.3) is 0 Å². The number of alkyl halides is 1. The third-order valence-corrected chi connectivity index (χ3v) is 2.95. The number of aryl methyl sites for hydroxylation is 1. The highest BCUT2D eigenvalue weighted by Gasteiger charge is 2.00.